The third kappa shape index (κ3) is 7.37. The fraction of sp³-hybridized carbons (Fsp3) is 0.375. The third-order valence-electron chi connectivity index (χ3n) is 4.41. The van der Waals surface area contributed by atoms with E-state index < -0.39 is 5.97 Å². The first-order valence-corrected chi connectivity index (χ1v) is 10.6. The van der Waals surface area contributed by atoms with E-state index in [-0.39, 0.29) is 12.0 Å². The highest BCUT2D eigenvalue weighted by molar-refractivity contribution is 6.37. The minimum absolute atomic E-state index is 0.149. The van der Waals surface area contributed by atoms with Gasteiger partial charge in [-0.05, 0) is 23.0 Å². The van der Waals surface area contributed by atoms with Crippen molar-refractivity contribution in [2.45, 2.75) is 33.8 Å². The van der Waals surface area contributed by atoms with Crippen molar-refractivity contribution in [2.24, 2.45) is 5.41 Å². The molecule has 168 valence electrons. The molecular formula is C24H28Cl2O5. The first-order valence-electron chi connectivity index (χ1n) is 9.80. The molecule has 0 atom stereocenters. The maximum Gasteiger partial charge on any atom is 0.341 e. The quantitative estimate of drug-likeness (QED) is 0.238. The van der Waals surface area contributed by atoms with Gasteiger partial charge in [-0.2, -0.15) is 0 Å². The number of esters is 1. The van der Waals surface area contributed by atoms with Crippen LogP contribution in [0.5, 0.6) is 11.5 Å². The van der Waals surface area contributed by atoms with Gasteiger partial charge < -0.3 is 18.9 Å². The number of methoxy groups -OCH3 is 2. The van der Waals surface area contributed by atoms with Crippen molar-refractivity contribution in [1.29, 1.82) is 0 Å². The number of ether oxygens (including phenoxy) is 4. The Balaban J connectivity index is 2.17. The molecule has 0 heterocycles. The molecule has 0 saturated heterocycles. The van der Waals surface area contributed by atoms with Crippen molar-refractivity contribution < 1.29 is 23.7 Å². The fourth-order valence-corrected chi connectivity index (χ4v) is 3.31. The van der Waals surface area contributed by atoms with Gasteiger partial charge in [0.15, 0.2) is 5.75 Å². The van der Waals surface area contributed by atoms with Crippen molar-refractivity contribution in [3.8, 4) is 11.5 Å². The summed E-state index contributed by atoms with van der Waals surface area (Å²) in [4.78, 5) is 12.1. The van der Waals surface area contributed by atoms with E-state index in [0.29, 0.717) is 39.3 Å². The molecule has 0 unspecified atom stereocenters. The number of carbonyl (C=O) groups is 1. The Hall–Kier alpha value is -2.37. The van der Waals surface area contributed by atoms with Gasteiger partial charge in [-0.25, -0.2) is 4.79 Å². The van der Waals surface area contributed by atoms with E-state index in [1.165, 1.54) is 20.5 Å². The lowest BCUT2D eigenvalue weighted by atomic mass is 9.93. The maximum atomic E-state index is 12.1. The molecule has 0 aliphatic rings. The van der Waals surface area contributed by atoms with Crippen LogP contribution in [-0.2, 0) is 20.9 Å². The van der Waals surface area contributed by atoms with Crippen LogP contribution in [0.15, 0.2) is 42.7 Å². The summed E-state index contributed by atoms with van der Waals surface area (Å²) >= 11 is 12.7. The molecule has 2 aromatic rings. The molecule has 0 N–H and O–H groups in total. The number of hydrogen-bond donors (Lipinski definition) is 0. The molecule has 7 heteroatoms. The Labute approximate surface area is 193 Å². The van der Waals surface area contributed by atoms with Crippen molar-refractivity contribution in [3.05, 3.63) is 63.8 Å². The van der Waals surface area contributed by atoms with Crippen molar-refractivity contribution in [1.82, 2.24) is 0 Å². The molecule has 5 nitrogen and oxygen atoms in total. The highest BCUT2D eigenvalue weighted by Gasteiger charge is 2.18. The van der Waals surface area contributed by atoms with Gasteiger partial charge in [0, 0.05) is 12.1 Å². The number of hydrogen-bond acceptors (Lipinski definition) is 5. The smallest absolute Gasteiger partial charge is 0.341 e. The normalized spacial score (nSPS) is 11.8. The molecule has 0 spiro atoms. The molecule has 0 aromatic heterocycles. The third-order valence-corrected chi connectivity index (χ3v) is 4.97. The average Bonchev–Trinajstić information content (AvgIpc) is 2.71. The molecule has 0 aliphatic carbocycles. The second-order valence-corrected chi connectivity index (χ2v) is 8.89. The summed E-state index contributed by atoms with van der Waals surface area (Å²) in [6.07, 6.45) is 2.22. The van der Waals surface area contributed by atoms with Crippen LogP contribution in [0.25, 0.3) is 5.57 Å². The first kappa shape index (κ1) is 24.9. The maximum absolute atomic E-state index is 12.1. The lowest BCUT2D eigenvalue weighted by Crippen LogP contribution is -2.11. The van der Waals surface area contributed by atoms with Gasteiger partial charge in [-0.3, -0.25) is 0 Å². The van der Waals surface area contributed by atoms with Crippen LogP contribution in [0, 0.1) is 5.41 Å². The summed E-state index contributed by atoms with van der Waals surface area (Å²) in [6, 6.07) is 10.7. The largest absolute Gasteiger partial charge is 0.503 e. The predicted molar refractivity (Wildman–Crippen MR) is 124 cm³/mol. The summed E-state index contributed by atoms with van der Waals surface area (Å²) in [5.41, 5.74) is 1.86. The summed E-state index contributed by atoms with van der Waals surface area (Å²) in [6.45, 7) is 7.12. The zero-order chi connectivity index (χ0) is 23.0. The second-order valence-electron chi connectivity index (χ2n) is 8.08. The summed E-state index contributed by atoms with van der Waals surface area (Å²) in [5, 5.41) is 0.749. The Morgan fingerprint density at radius 2 is 1.68 bits per heavy atom. The fourth-order valence-electron chi connectivity index (χ4n) is 2.74. The Kier molecular flexibility index (Phi) is 9.08. The van der Waals surface area contributed by atoms with Crippen LogP contribution >= 0.6 is 23.2 Å². The van der Waals surface area contributed by atoms with E-state index in [0.717, 1.165) is 12.0 Å². The van der Waals surface area contributed by atoms with E-state index in [2.05, 4.69) is 20.8 Å². The molecule has 0 amide bonds. The van der Waals surface area contributed by atoms with E-state index in [4.69, 9.17) is 42.1 Å². The molecule has 0 aliphatic heterocycles. The van der Waals surface area contributed by atoms with Gasteiger partial charge in [0.1, 0.15) is 17.9 Å². The molecule has 0 radical (unpaired) electrons. The Bertz CT molecular complexity index is 909. The minimum atomic E-state index is -0.503. The number of rotatable bonds is 9. The molecule has 0 bridgehead atoms. The highest BCUT2D eigenvalue weighted by atomic mass is 35.5. The van der Waals surface area contributed by atoms with Crippen LogP contribution in [-0.4, -0.2) is 26.8 Å². The molecule has 0 fully saturated rings. The number of benzene rings is 2. The average molecular weight is 467 g/mol. The standard InChI is InChI=1S/C24H28Cl2O5/c1-24(2,3)10-11-30-22-20(25)12-17(13-21(22)26)31-14-16-8-6-7-9-18(16)19(15-28-4)23(27)29-5/h6-9,12-13,15H,10-11,14H2,1-5H3/b19-15+. The van der Waals surface area contributed by atoms with Crippen LogP contribution in [0.3, 0.4) is 0 Å². The minimum Gasteiger partial charge on any atom is -0.503 e. The van der Waals surface area contributed by atoms with E-state index in [9.17, 15) is 4.79 Å². The molecular weight excluding hydrogens is 439 g/mol. The van der Waals surface area contributed by atoms with Gasteiger partial charge in [-0.1, -0.05) is 68.2 Å². The van der Waals surface area contributed by atoms with Gasteiger partial charge in [-0.15, -0.1) is 0 Å². The van der Waals surface area contributed by atoms with Crippen molar-refractivity contribution >= 4 is 34.7 Å². The summed E-state index contributed by atoms with van der Waals surface area (Å²) in [7, 11) is 2.79. The SMILES string of the molecule is CO/C=C(/C(=O)OC)c1ccccc1COc1cc(Cl)c(OCCC(C)(C)C)c(Cl)c1. The van der Waals surface area contributed by atoms with Gasteiger partial charge >= 0.3 is 5.97 Å². The molecule has 0 saturated carbocycles. The lowest BCUT2D eigenvalue weighted by molar-refractivity contribution is -0.133. The lowest BCUT2D eigenvalue weighted by Gasteiger charge is -2.19. The Morgan fingerprint density at radius 1 is 1.03 bits per heavy atom. The van der Waals surface area contributed by atoms with Crippen LogP contribution in [0.1, 0.15) is 38.3 Å². The number of halogens is 2. The first-order chi connectivity index (χ1) is 14.7. The van der Waals surface area contributed by atoms with Gasteiger partial charge in [0.2, 0.25) is 0 Å². The summed E-state index contributed by atoms with van der Waals surface area (Å²) in [5.74, 6) is 0.428. The highest BCUT2D eigenvalue weighted by Crippen LogP contribution is 2.38. The van der Waals surface area contributed by atoms with E-state index in [1.54, 1.807) is 18.2 Å². The molecule has 2 aromatic carbocycles. The van der Waals surface area contributed by atoms with Crippen molar-refractivity contribution in [2.75, 3.05) is 20.8 Å². The topological polar surface area (TPSA) is 54.0 Å². The Morgan fingerprint density at radius 3 is 2.26 bits per heavy atom. The monoisotopic (exact) mass is 466 g/mol. The van der Waals surface area contributed by atoms with Gasteiger partial charge in [0.25, 0.3) is 0 Å². The van der Waals surface area contributed by atoms with Crippen LogP contribution in [0.4, 0.5) is 0 Å². The number of carbonyl (C=O) groups excluding carboxylic acids is 1. The zero-order valence-electron chi connectivity index (χ0n) is 18.5. The second kappa shape index (κ2) is 11.3. The van der Waals surface area contributed by atoms with E-state index >= 15 is 0 Å². The zero-order valence-corrected chi connectivity index (χ0v) is 20.0. The molecule has 31 heavy (non-hydrogen) atoms. The summed E-state index contributed by atoms with van der Waals surface area (Å²) < 4.78 is 21.6. The van der Waals surface area contributed by atoms with Gasteiger partial charge in [0.05, 0.1) is 37.1 Å². The van der Waals surface area contributed by atoms with E-state index in [1.807, 2.05) is 18.2 Å². The predicted octanol–water partition coefficient (Wildman–Crippen LogP) is 6.55. The van der Waals surface area contributed by atoms with Crippen molar-refractivity contribution in [3.63, 3.8) is 0 Å². The van der Waals surface area contributed by atoms with Crippen LogP contribution in [0.2, 0.25) is 10.0 Å². The molecule has 2 rings (SSSR count). The van der Waals surface area contributed by atoms with Crippen LogP contribution < -0.4 is 9.47 Å².